The largest absolute Gasteiger partial charge is 0.389 e. The number of piperazine rings is 1. The summed E-state index contributed by atoms with van der Waals surface area (Å²) < 4.78 is 0. The van der Waals surface area contributed by atoms with Crippen LogP contribution < -0.4 is 0 Å². The molecule has 1 N–H and O–H groups in total. The van der Waals surface area contributed by atoms with Crippen molar-refractivity contribution in [1.29, 1.82) is 0 Å². The molecule has 1 aliphatic rings. The second-order valence-corrected chi connectivity index (χ2v) is 7.75. The Labute approximate surface area is 137 Å². The standard InChI is InChI=1S/C16H27N3O2S/c1-16(2,21)13-17(3)12-15(20)19-8-6-18(7-9-19)11-14-5-4-10-22-14/h4-5,10,21H,6-9,11-13H2,1-3H3. The molecule has 2 heterocycles. The molecule has 1 amide bonds. The summed E-state index contributed by atoms with van der Waals surface area (Å²) in [5.74, 6) is 0.155. The summed E-state index contributed by atoms with van der Waals surface area (Å²) in [5.41, 5.74) is -0.769. The van der Waals surface area contributed by atoms with Crippen LogP contribution in [0.15, 0.2) is 17.5 Å². The van der Waals surface area contributed by atoms with E-state index in [1.165, 1.54) is 4.88 Å². The third-order valence-electron chi connectivity index (χ3n) is 3.75. The molecule has 1 aromatic heterocycles. The Morgan fingerprint density at radius 1 is 1.36 bits per heavy atom. The number of hydrogen-bond acceptors (Lipinski definition) is 5. The lowest BCUT2D eigenvalue weighted by atomic mass is 10.1. The number of carbonyl (C=O) groups excluding carboxylic acids is 1. The van der Waals surface area contributed by atoms with Crippen LogP contribution in [0, 0.1) is 0 Å². The van der Waals surface area contributed by atoms with Gasteiger partial charge < -0.3 is 10.0 Å². The fourth-order valence-electron chi connectivity index (χ4n) is 2.83. The van der Waals surface area contributed by atoms with Gasteiger partial charge in [0.15, 0.2) is 0 Å². The molecular weight excluding hydrogens is 298 g/mol. The molecule has 0 aliphatic carbocycles. The number of nitrogens with zero attached hydrogens (tertiary/aromatic N) is 3. The molecule has 1 saturated heterocycles. The van der Waals surface area contributed by atoms with Crippen LogP contribution in [0.25, 0.3) is 0 Å². The molecule has 0 bridgehead atoms. The Balaban J connectivity index is 1.72. The topological polar surface area (TPSA) is 47.0 Å². The van der Waals surface area contributed by atoms with Crippen molar-refractivity contribution < 1.29 is 9.90 Å². The smallest absolute Gasteiger partial charge is 0.236 e. The zero-order valence-electron chi connectivity index (χ0n) is 13.8. The van der Waals surface area contributed by atoms with Crippen molar-refractivity contribution in [2.75, 3.05) is 46.3 Å². The van der Waals surface area contributed by atoms with E-state index in [4.69, 9.17) is 0 Å². The van der Waals surface area contributed by atoms with E-state index in [2.05, 4.69) is 22.4 Å². The van der Waals surface area contributed by atoms with Crippen molar-refractivity contribution in [3.63, 3.8) is 0 Å². The normalized spacial score (nSPS) is 17.2. The Hall–Kier alpha value is -0.950. The van der Waals surface area contributed by atoms with Gasteiger partial charge in [0.05, 0.1) is 12.1 Å². The molecule has 0 radical (unpaired) electrons. The van der Waals surface area contributed by atoms with Crippen LogP contribution in [0.2, 0.25) is 0 Å². The van der Waals surface area contributed by atoms with Crippen molar-refractivity contribution in [2.45, 2.75) is 26.0 Å². The highest BCUT2D eigenvalue weighted by Crippen LogP contribution is 2.13. The van der Waals surface area contributed by atoms with E-state index < -0.39 is 5.60 Å². The summed E-state index contributed by atoms with van der Waals surface area (Å²) in [7, 11) is 1.88. The molecule has 2 rings (SSSR count). The van der Waals surface area contributed by atoms with Gasteiger partial charge in [-0.1, -0.05) is 6.07 Å². The Morgan fingerprint density at radius 2 is 2.05 bits per heavy atom. The van der Waals surface area contributed by atoms with E-state index >= 15 is 0 Å². The Kier molecular flexibility index (Phi) is 5.97. The third kappa shape index (κ3) is 5.68. The van der Waals surface area contributed by atoms with Gasteiger partial charge in [0.1, 0.15) is 0 Å². The van der Waals surface area contributed by atoms with Gasteiger partial charge in [-0.3, -0.25) is 14.6 Å². The van der Waals surface area contributed by atoms with Gasteiger partial charge in [0.25, 0.3) is 0 Å². The van der Waals surface area contributed by atoms with E-state index in [0.717, 1.165) is 32.7 Å². The molecule has 0 unspecified atom stereocenters. The molecule has 1 fully saturated rings. The predicted octanol–water partition coefficient (Wildman–Crippen LogP) is 1.09. The van der Waals surface area contributed by atoms with Crippen molar-refractivity contribution in [3.05, 3.63) is 22.4 Å². The summed E-state index contributed by atoms with van der Waals surface area (Å²) in [4.78, 5) is 19.9. The maximum atomic E-state index is 12.3. The van der Waals surface area contributed by atoms with Crippen LogP contribution >= 0.6 is 11.3 Å². The minimum Gasteiger partial charge on any atom is -0.389 e. The van der Waals surface area contributed by atoms with Gasteiger partial charge in [0, 0.05) is 44.1 Å². The number of likely N-dealkylation sites (N-methyl/N-ethyl adjacent to an activating group) is 1. The molecule has 1 aromatic rings. The second-order valence-electron chi connectivity index (χ2n) is 6.72. The fraction of sp³-hybridized carbons (Fsp3) is 0.688. The maximum absolute atomic E-state index is 12.3. The van der Waals surface area contributed by atoms with E-state index in [1.807, 2.05) is 16.8 Å². The van der Waals surface area contributed by atoms with Gasteiger partial charge in [0.2, 0.25) is 5.91 Å². The molecule has 1 aliphatic heterocycles. The number of rotatable bonds is 6. The Morgan fingerprint density at radius 3 is 2.59 bits per heavy atom. The molecule has 0 atom stereocenters. The molecule has 124 valence electrons. The first-order chi connectivity index (χ1) is 10.3. The van der Waals surface area contributed by atoms with Crippen LogP contribution in [-0.4, -0.2) is 77.6 Å². The Bertz CT molecular complexity index is 462. The highest BCUT2D eigenvalue weighted by atomic mass is 32.1. The van der Waals surface area contributed by atoms with Gasteiger partial charge in [-0.2, -0.15) is 0 Å². The zero-order valence-corrected chi connectivity index (χ0v) is 14.6. The lowest BCUT2D eigenvalue weighted by Gasteiger charge is -2.35. The summed E-state index contributed by atoms with van der Waals surface area (Å²) in [6, 6.07) is 4.24. The summed E-state index contributed by atoms with van der Waals surface area (Å²) >= 11 is 1.78. The molecule has 0 spiro atoms. The van der Waals surface area contributed by atoms with Crippen molar-refractivity contribution in [2.24, 2.45) is 0 Å². The molecule has 5 nitrogen and oxygen atoms in total. The number of amides is 1. The van der Waals surface area contributed by atoms with E-state index in [0.29, 0.717) is 13.1 Å². The van der Waals surface area contributed by atoms with Crippen molar-refractivity contribution >= 4 is 17.2 Å². The van der Waals surface area contributed by atoms with Crippen LogP contribution in [0.4, 0.5) is 0 Å². The summed E-state index contributed by atoms with van der Waals surface area (Å²) in [6.07, 6.45) is 0. The first kappa shape index (κ1) is 17.4. The van der Waals surface area contributed by atoms with Gasteiger partial charge in [-0.05, 0) is 32.3 Å². The lowest BCUT2D eigenvalue weighted by Crippen LogP contribution is -2.51. The molecule has 22 heavy (non-hydrogen) atoms. The molecular formula is C16H27N3O2S. The summed E-state index contributed by atoms with van der Waals surface area (Å²) in [6.45, 7) is 8.82. The van der Waals surface area contributed by atoms with Crippen molar-refractivity contribution in [3.8, 4) is 0 Å². The van der Waals surface area contributed by atoms with Crippen molar-refractivity contribution in [1.82, 2.24) is 14.7 Å². The summed E-state index contributed by atoms with van der Waals surface area (Å²) in [5, 5.41) is 11.9. The first-order valence-electron chi connectivity index (χ1n) is 7.77. The van der Waals surface area contributed by atoms with E-state index in [9.17, 15) is 9.90 Å². The highest BCUT2D eigenvalue weighted by Gasteiger charge is 2.23. The van der Waals surface area contributed by atoms with Gasteiger partial charge >= 0.3 is 0 Å². The monoisotopic (exact) mass is 325 g/mol. The molecule has 6 heteroatoms. The molecule has 0 saturated carbocycles. The number of thiophene rings is 1. The fourth-order valence-corrected chi connectivity index (χ4v) is 3.57. The third-order valence-corrected chi connectivity index (χ3v) is 4.61. The SMILES string of the molecule is CN(CC(=O)N1CCN(Cc2cccs2)CC1)CC(C)(C)O. The first-order valence-corrected chi connectivity index (χ1v) is 8.65. The van der Waals surface area contributed by atoms with Crippen LogP contribution in [0.1, 0.15) is 18.7 Å². The van der Waals surface area contributed by atoms with E-state index in [-0.39, 0.29) is 5.91 Å². The maximum Gasteiger partial charge on any atom is 0.236 e. The number of hydrogen-bond donors (Lipinski definition) is 1. The van der Waals surface area contributed by atoms with Crippen LogP contribution in [0.3, 0.4) is 0 Å². The van der Waals surface area contributed by atoms with Gasteiger partial charge in [-0.25, -0.2) is 0 Å². The predicted molar refractivity (Wildman–Crippen MR) is 90.0 cm³/mol. The molecule has 0 aromatic carbocycles. The number of aliphatic hydroxyl groups is 1. The van der Waals surface area contributed by atoms with E-state index in [1.54, 1.807) is 25.2 Å². The van der Waals surface area contributed by atoms with Crippen LogP contribution in [0.5, 0.6) is 0 Å². The number of carbonyl (C=O) groups is 1. The average Bonchev–Trinajstić information content (AvgIpc) is 2.90. The zero-order chi connectivity index (χ0) is 16.2. The van der Waals surface area contributed by atoms with Crippen LogP contribution in [-0.2, 0) is 11.3 Å². The van der Waals surface area contributed by atoms with Gasteiger partial charge in [-0.15, -0.1) is 11.3 Å². The highest BCUT2D eigenvalue weighted by molar-refractivity contribution is 7.09. The second kappa shape index (κ2) is 7.55. The lowest BCUT2D eigenvalue weighted by molar-refractivity contribution is -0.134. The average molecular weight is 325 g/mol. The minimum absolute atomic E-state index is 0.155. The minimum atomic E-state index is -0.769. The quantitative estimate of drug-likeness (QED) is 0.851.